The van der Waals surface area contributed by atoms with Gasteiger partial charge in [-0.15, -0.1) is 0 Å². The number of rotatable bonds is 6. The van der Waals surface area contributed by atoms with Crippen LogP contribution in [0.2, 0.25) is 0 Å². The molecule has 1 heteroatoms. The summed E-state index contributed by atoms with van der Waals surface area (Å²) in [5.74, 6) is 0. The summed E-state index contributed by atoms with van der Waals surface area (Å²) in [5, 5.41) is 9.09. The Balaban J connectivity index is 2.92. The van der Waals surface area contributed by atoms with E-state index < -0.39 is 0 Å². The topological polar surface area (TPSA) is 20.2 Å². The zero-order valence-corrected chi connectivity index (χ0v) is 11.2. The Labute approximate surface area is 105 Å². The second-order valence-electron chi connectivity index (χ2n) is 5.11. The van der Waals surface area contributed by atoms with E-state index in [4.69, 9.17) is 5.11 Å². The van der Waals surface area contributed by atoms with E-state index in [9.17, 15) is 0 Å². The first kappa shape index (κ1) is 14.0. The first-order chi connectivity index (χ1) is 8.10. The van der Waals surface area contributed by atoms with Crippen LogP contribution in [0, 0.1) is 0 Å². The summed E-state index contributed by atoms with van der Waals surface area (Å²) in [6.07, 6.45) is 5.33. The molecule has 0 aliphatic carbocycles. The van der Waals surface area contributed by atoms with Crippen LogP contribution in [0.1, 0.15) is 45.6 Å². The molecule has 0 bridgehead atoms. The largest absolute Gasteiger partial charge is 0.396 e. The molecule has 0 unspecified atom stereocenters. The first-order valence-corrected chi connectivity index (χ1v) is 6.47. The van der Waals surface area contributed by atoms with Crippen molar-refractivity contribution in [1.29, 1.82) is 0 Å². The quantitative estimate of drug-likeness (QED) is 0.733. The Bertz CT molecular complexity index is 341. The maximum Gasteiger partial charge on any atom is 0.0468 e. The van der Waals surface area contributed by atoms with Crippen LogP contribution in [0.15, 0.2) is 42.0 Å². The highest BCUT2D eigenvalue weighted by Crippen LogP contribution is 2.27. The van der Waals surface area contributed by atoms with E-state index in [-0.39, 0.29) is 12.0 Å². The van der Waals surface area contributed by atoms with Crippen LogP contribution >= 0.6 is 0 Å². The SMILES string of the molecule is CCC/C(=C\C(C)(C)c1ccccc1)CCO. The monoisotopic (exact) mass is 232 g/mol. The van der Waals surface area contributed by atoms with Crippen molar-refractivity contribution in [2.75, 3.05) is 6.61 Å². The third kappa shape index (κ3) is 4.35. The van der Waals surface area contributed by atoms with Gasteiger partial charge in [-0.3, -0.25) is 0 Å². The summed E-state index contributed by atoms with van der Waals surface area (Å²) in [4.78, 5) is 0. The van der Waals surface area contributed by atoms with Gasteiger partial charge in [-0.05, 0) is 18.4 Å². The summed E-state index contributed by atoms with van der Waals surface area (Å²) >= 11 is 0. The lowest BCUT2D eigenvalue weighted by Gasteiger charge is -2.23. The van der Waals surface area contributed by atoms with Crippen molar-refractivity contribution in [3.63, 3.8) is 0 Å². The predicted molar refractivity (Wildman–Crippen MR) is 74.2 cm³/mol. The molecule has 0 radical (unpaired) electrons. The molecule has 0 heterocycles. The summed E-state index contributed by atoms with van der Waals surface area (Å²) in [5.41, 5.74) is 2.73. The molecule has 94 valence electrons. The normalized spacial score (nSPS) is 12.8. The third-order valence-electron chi connectivity index (χ3n) is 3.09. The molecule has 1 N–H and O–H groups in total. The zero-order chi connectivity index (χ0) is 12.7. The number of hydrogen-bond donors (Lipinski definition) is 1. The number of aliphatic hydroxyl groups excluding tert-OH is 1. The van der Waals surface area contributed by atoms with Gasteiger partial charge in [0, 0.05) is 12.0 Å². The van der Waals surface area contributed by atoms with Crippen LogP contribution in [0.25, 0.3) is 0 Å². The molecule has 0 saturated carbocycles. The Morgan fingerprint density at radius 3 is 2.35 bits per heavy atom. The molecule has 1 aromatic carbocycles. The van der Waals surface area contributed by atoms with Gasteiger partial charge in [0.25, 0.3) is 0 Å². The van der Waals surface area contributed by atoms with Gasteiger partial charge in [0.05, 0.1) is 0 Å². The van der Waals surface area contributed by atoms with Gasteiger partial charge in [0.2, 0.25) is 0 Å². The Kier molecular flexibility index (Phi) is 5.43. The molecule has 17 heavy (non-hydrogen) atoms. The molecule has 0 fully saturated rings. The highest BCUT2D eigenvalue weighted by atomic mass is 16.2. The molecule has 0 aromatic heterocycles. The fraction of sp³-hybridized carbons (Fsp3) is 0.500. The molecule has 0 aliphatic rings. The summed E-state index contributed by atoms with van der Waals surface area (Å²) in [6.45, 7) is 6.89. The molecule has 1 nitrogen and oxygen atoms in total. The van der Waals surface area contributed by atoms with Crippen molar-refractivity contribution in [3.05, 3.63) is 47.5 Å². The van der Waals surface area contributed by atoms with Gasteiger partial charge in [-0.1, -0.05) is 69.2 Å². The highest BCUT2D eigenvalue weighted by molar-refractivity contribution is 5.30. The average molecular weight is 232 g/mol. The fourth-order valence-corrected chi connectivity index (χ4v) is 2.20. The molecule has 1 rings (SSSR count). The zero-order valence-electron chi connectivity index (χ0n) is 11.2. The second-order valence-corrected chi connectivity index (χ2v) is 5.11. The minimum Gasteiger partial charge on any atom is -0.396 e. The lowest BCUT2D eigenvalue weighted by Crippen LogP contribution is -2.14. The molecular formula is C16H24O. The fourth-order valence-electron chi connectivity index (χ4n) is 2.20. The number of aliphatic hydroxyl groups is 1. The van der Waals surface area contributed by atoms with Gasteiger partial charge < -0.3 is 5.11 Å². The number of benzene rings is 1. The van der Waals surface area contributed by atoms with Crippen LogP contribution in [-0.4, -0.2) is 11.7 Å². The van der Waals surface area contributed by atoms with Crippen LogP contribution in [0.3, 0.4) is 0 Å². The smallest absolute Gasteiger partial charge is 0.0468 e. The van der Waals surface area contributed by atoms with E-state index in [0.717, 1.165) is 19.3 Å². The van der Waals surface area contributed by atoms with E-state index >= 15 is 0 Å². The molecule has 0 aliphatic heterocycles. The van der Waals surface area contributed by atoms with E-state index in [0.29, 0.717) is 0 Å². The van der Waals surface area contributed by atoms with E-state index in [1.54, 1.807) is 0 Å². The molecular weight excluding hydrogens is 208 g/mol. The van der Waals surface area contributed by atoms with Crippen LogP contribution < -0.4 is 0 Å². The highest BCUT2D eigenvalue weighted by Gasteiger charge is 2.17. The van der Waals surface area contributed by atoms with Crippen molar-refractivity contribution in [3.8, 4) is 0 Å². The van der Waals surface area contributed by atoms with Crippen molar-refractivity contribution in [2.24, 2.45) is 0 Å². The van der Waals surface area contributed by atoms with Gasteiger partial charge >= 0.3 is 0 Å². The van der Waals surface area contributed by atoms with E-state index in [1.807, 2.05) is 6.07 Å². The maximum atomic E-state index is 9.09. The van der Waals surface area contributed by atoms with E-state index in [2.05, 4.69) is 51.1 Å². The Hall–Kier alpha value is -1.08. The molecule has 1 aromatic rings. The van der Waals surface area contributed by atoms with Crippen LogP contribution in [0.4, 0.5) is 0 Å². The molecule has 0 saturated heterocycles. The van der Waals surface area contributed by atoms with Gasteiger partial charge in [-0.2, -0.15) is 0 Å². The van der Waals surface area contributed by atoms with Crippen molar-refractivity contribution < 1.29 is 5.11 Å². The van der Waals surface area contributed by atoms with Gasteiger partial charge in [0.15, 0.2) is 0 Å². The first-order valence-electron chi connectivity index (χ1n) is 6.47. The standard InChI is InChI=1S/C16H24O/c1-4-8-14(11-12-17)13-16(2,3)15-9-6-5-7-10-15/h5-7,9-10,13,17H,4,8,11-12H2,1-3H3/b14-13+. The molecule has 0 amide bonds. The lowest BCUT2D eigenvalue weighted by molar-refractivity contribution is 0.297. The van der Waals surface area contributed by atoms with Gasteiger partial charge in [0.1, 0.15) is 0 Å². The third-order valence-corrected chi connectivity index (χ3v) is 3.09. The second kappa shape index (κ2) is 6.61. The molecule has 0 spiro atoms. The Morgan fingerprint density at radius 1 is 1.18 bits per heavy atom. The lowest BCUT2D eigenvalue weighted by atomic mass is 9.82. The van der Waals surface area contributed by atoms with Crippen LogP contribution in [0.5, 0.6) is 0 Å². The van der Waals surface area contributed by atoms with Crippen LogP contribution in [-0.2, 0) is 5.41 Å². The van der Waals surface area contributed by atoms with Crippen molar-refractivity contribution >= 4 is 0 Å². The average Bonchev–Trinajstić information content (AvgIpc) is 2.30. The summed E-state index contributed by atoms with van der Waals surface area (Å²) in [6, 6.07) is 10.5. The predicted octanol–water partition coefficient (Wildman–Crippen LogP) is 4.07. The number of allylic oxidation sites excluding steroid dienone is 1. The number of hydrogen-bond acceptors (Lipinski definition) is 1. The minimum atomic E-state index is 0.0426. The van der Waals surface area contributed by atoms with E-state index in [1.165, 1.54) is 11.1 Å². The summed E-state index contributed by atoms with van der Waals surface area (Å²) in [7, 11) is 0. The molecule has 0 atom stereocenters. The van der Waals surface area contributed by atoms with Gasteiger partial charge in [-0.25, -0.2) is 0 Å². The van der Waals surface area contributed by atoms with Crippen molar-refractivity contribution in [2.45, 2.75) is 45.4 Å². The van der Waals surface area contributed by atoms with Crippen molar-refractivity contribution in [1.82, 2.24) is 0 Å². The summed E-state index contributed by atoms with van der Waals surface area (Å²) < 4.78 is 0. The minimum absolute atomic E-state index is 0.0426. The maximum absolute atomic E-state index is 9.09. The Morgan fingerprint density at radius 2 is 1.82 bits per heavy atom.